The lowest BCUT2D eigenvalue weighted by molar-refractivity contribution is 0.0600. The highest BCUT2D eigenvalue weighted by atomic mass is 16.5. The Morgan fingerprint density at radius 3 is 2.38 bits per heavy atom. The van der Waals surface area contributed by atoms with Crippen molar-refractivity contribution in [3.05, 3.63) is 71.6 Å². The van der Waals surface area contributed by atoms with Gasteiger partial charge >= 0.3 is 5.97 Å². The average molecular weight is 350 g/mol. The molecule has 1 aromatic heterocycles. The van der Waals surface area contributed by atoms with Crippen LogP contribution in [-0.2, 0) is 17.6 Å². The monoisotopic (exact) mass is 350 g/mol. The Kier molecular flexibility index (Phi) is 6.14. The molecule has 0 fully saturated rings. The van der Waals surface area contributed by atoms with Crippen LogP contribution in [-0.4, -0.2) is 23.3 Å². The first-order valence-electron chi connectivity index (χ1n) is 8.81. The van der Waals surface area contributed by atoms with Crippen LogP contribution in [0.4, 0.5) is 0 Å². The second kappa shape index (κ2) is 8.94. The van der Waals surface area contributed by atoms with E-state index >= 15 is 0 Å². The second-order valence-electron chi connectivity index (χ2n) is 6.12. The zero-order valence-electron chi connectivity index (χ0n) is 14.9. The molecule has 5 heteroatoms. The topological polar surface area (TPSA) is 65.2 Å². The maximum absolute atomic E-state index is 11.5. The Morgan fingerprint density at radius 2 is 1.65 bits per heavy atom. The van der Waals surface area contributed by atoms with Crippen LogP contribution < -0.4 is 0 Å². The van der Waals surface area contributed by atoms with Gasteiger partial charge in [0.2, 0.25) is 11.8 Å². The van der Waals surface area contributed by atoms with Gasteiger partial charge in [0.25, 0.3) is 0 Å². The summed E-state index contributed by atoms with van der Waals surface area (Å²) in [5, 5.41) is 8.21. The third-order valence-corrected chi connectivity index (χ3v) is 4.22. The van der Waals surface area contributed by atoms with E-state index in [-0.39, 0.29) is 5.97 Å². The fourth-order valence-electron chi connectivity index (χ4n) is 2.76. The molecule has 3 aromatic rings. The molecule has 3 rings (SSSR count). The van der Waals surface area contributed by atoms with Crippen LogP contribution in [0.3, 0.4) is 0 Å². The number of carbonyl (C=O) groups excluding carboxylic acids is 1. The number of hydrogen-bond acceptors (Lipinski definition) is 5. The minimum atomic E-state index is -0.363. The van der Waals surface area contributed by atoms with Crippen molar-refractivity contribution in [1.82, 2.24) is 10.2 Å². The summed E-state index contributed by atoms with van der Waals surface area (Å²) >= 11 is 0. The molecule has 5 nitrogen and oxygen atoms in total. The predicted octanol–water partition coefficient (Wildman–Crippen LogP) is 4.48. The largest absolute Gasteiger partial charge is 0.465 e. The van der Waals surface area contributed by atoms with Gasteiger partial charge in [0, 0.05) is 12.0 Å². The van der Waals surface area contributed by atoms with Gasteiger partial charge in [0.15, 0.2) is 0 Å². The summed E-state index contributed by atoms with van der Waals surface area (Å²) in [6.45, 7) is 0. The van der Waals surface area contributed by atoms with Crippen molar-refractivity contribution in [2.24, 2.45) is 0 Å². The van der Waals surface area contributed by atoms with Gasteiger partial charge in [0.1, 0.15) is 0 Å². The summed E-state index contributed by atoms with van der Waals surface area (Å²) in [4.78, 5) is 11.5. The van der Waals surface area contributed by atoms with Crippen LogP contribution in [0.15, 0.2) is 59.0 Å². The Morgan fingerprint density at radius 1 is 0.923 bits per heavy atom. The Labute approximate surface area is 153 Å². The highest BCUT2D eigenvalue weighted by molar-refractivity contribution is 5.89. The third-order valence-electron chi connectivity index (χ3n) is 4.22. The predicted molar refractivity (Wildman–Crippen MR) is 98.8 cm³/mol. The number of aromatic nitrogens is 2. The molecule has 134 valence electrons. The molecule has 0 aliphatic heterocycles. The van der Waals surface area contributed by atoms with E-state index in [1.54, 1.807) is 24.3 Å². The summed E-state index contributed by atoms with van der Waals surface area (Å²) in [6, 6.07) is 17.5. The molecule has 0 saturated carbocycles. The number of unbranched alkanes of at least 4 members (excludes halogenated alkanes) is 2. The van der Waals surface area contributed by atoms with Crippen LogP contribution in [0.5, 0.6) is 0 Å². The van der Waals surface area contributed by atoms with E-state index in [1.807, 2.05) is 6.07 Å². The van der Waals surface area contributed by atoms with Crippen molar-refractivity contribution in [2.75, 3.05) is 7.11 Å². The first kappa shape index (κ1) is 17.9. The number of rotatable bonds is 8. The lowest BCUT2D eigenvalue weighted by Gasteiger charge is -2.00. The molecule has 0 aliphatic carbocycles. The maximum Gasteiger partial charge on any atom is 0.337 e. The van der Waals surface area contributed by atoms with Crippen molar-refractivity contribution in [1.29, 1.82) is 0 Å². The molecule has 26 heavy (non-hydrogen) atoms. The van der Waals surface area contributed by atoms with Crippen LogP contribution in [0.25, 0.3) is 11.5 Å². The summed E-state index contributed by atoms with van der Waals surface area (Å²) in [6.07, 6.45) is 5.18. The van der Waals surface area contributed by atoms with Gasteiger partial charge in [-0.15, -0.1) is 10.2 Å². The molecule has 0 radical (unpaired) electrons. The van der Waals surface area contributed by atoms with E-state index in [9.17, 15) is 4.79 Å². The van der Waals surface area contributed by atoms with E-state index in [0.717, 1.165) is 37.7 Å². The molecule has 0 N–H and O–H groups in total. The lowest BCUT2D eigenvalue weighted by atomic mass is 10.1. The van der Waals surface area contributed by atoms with Crippen molar-refractivity contribution < 1.29 is 13.9 Å². The van der Waals surface area contributed by atoms with E-state index < -0.39 is 0 Å². The molecule has 0 spiro atoms. The molecule has 1 heterocycles. The van der Waals surface area contributed by atoms with E-state index in [1.165, 1.54) is 12.7 Å². The standard InChI is InChI=1S/C21H22N2O3/c1-25-21(24)18-14-12-17(13-15-18)20-23-22-19(26-20)11-7-3-6-10-16-8-4-2-5-9-16/h2,4-5,8-9,12-15H,3,6-7,10-11H2,1H3. The summed E-state index contributed by atoms with van der Waals surface area (Å²) in [5.41, 5.74) is 2.66. The van der Waals surface area contributed by atoms with E-state index in [4.69, 9.17) is 4.42 Å². The van der Waals surface area contributed by atoms with Gasteiger partial charge in [-0.3, -0.25) is 0 Å². The summed E-state index contributed by atoms with van der Waals surface area (Å²) in [7, 11) is 1.36. The molecule has 0 bridgehead atoms. The molecular weight excluding hydrogens is 328 g/mol. The second-order valence-corrected chi connectivity index (χ2v) is 6.12. The zero-order valence-corrected chi connectivity index (χ0v) is 14.9. The fraction of sp³-hybridized carbons (Fsp3) is 0.286. The zero-order chi connectivity index (χ0) is 18.2. The normalized spacial score (nSPS) is 10.7. The maximum atomic E-state index is 11.5. The number of aryl methyl sites for hydroxylation is 2. The minimum absolute atomic E-state index is 0.363. The number of methoxy groups -OCH3 is 1. The summed E-state index contributed by atoms with van der Waals surface area (Å²) in [5.74, 6) is 0.760. The quantitative estimate of drug-likeness (QED) is 0.443. The van der Waals surface area contributed by atoms with Crippen molar-refractivity contribution in [3.63, 3.8) is 0 Å². The number of benzene rings is 2. The number of carbonyl (C=O) groups is 1. The van der Waals surface area contributed by atoms with E-state index in [0.29, 0.717) is 17.3 Å². The van der Waals surface area contributed by atoms with E-state index in [2.05, 4.69) is 39.2 Å². The minimum Gasteiger partial charge on any atom is -0.465 e. The Balaban J connectivity index is 1.46. The number of hydrogen-bond donors (Lipinski definition) is 0. The fourth-order valence-corrected chi connectivity index (χ4v) is 2.76. The smallest absolute Gasteiger partial charge is 0.337 e. The van der Waals surface area contributed by atoms with Crippen LogP contribution in [0, 0.1) is 0 Å². The van der Waals surface area contributed by atoms with Gasteiger partial charge in [-0.1, -0.05) is 36.8 Å². The van der Waals surface area contributed by atoms with Crippen molar-refractivity contribution in [2.45, 2.75) is 32.1 Å². The molecule has 0 amide bonds. The van der Waals surface area contributed by atoms with Crippen LogP contribution in [0.2, 0.25) is 0 Å². The molecule has 2 aromatic carbocycles. The van der Waals surface area contributed by atoms with Gasteiger partial charge in [-0.2, -0.15) is 0 Å². The van der Waals surface area contributed by atoms with Crippen molar-refractivity contribution in [3.8, 4) is 11.5 Å². The van der Waals surface area contributed by atoms with Crippen LogP contribution >= 0.6 is 0 Å². The van der Waals surface area contributed by atoms with Gasteiger partial charge in [-0.25, -0.2) is 4.79 Å². The number of ether oxygens (including phenoxy) is 1. The third kappa shape index (κ3) is 4.79. The number of nitrogens with zero attached hydrogens (tertiary/aromatic N) is 2. The highest BCUT2D eigenvalue weighted by Gasteiger charge is 2.10. The molecular formula is C21H22N2O3. The Hall–Kier alpha value is -2.95. The van der Waals surface area contributed by atoms with Crippen molar-refractivity contribution >= 4 is 5.97 Å². The summed E-state index contributed by atoms with van der Waals surface area (Å²) < 4.78 is 10.4. The number of esters is 1. The van der Waals surface area contributed by atoms with Gasteiger partial charge in [0.05, 0.1) is 12.7 Å². The molecule has 0 unspecified atom stereocenters. The first-order chi connectivity index (χ1) is 12.8. The SMILES string of the molecule is COC(=O)c1ccc(-c2nnc(CCCCCc3ccccc3)o2)cc1. The molecule has 0 atom stereocenters. The average Bonchev–Trinajstić information content (AvgIpc) is 3.17. The van der Waals surface area contributed by atoms with Gasteiger partial charge < -0.3 is 9.15 Å². The molecule has 0 aliphatic rings. The lowest BCUT2D eigenvalue weighted by Crippen LogP contribution is -2.00. The highest BCUT2D eigenvalue weighted by Crippen LogP contribution is 2.19. The Bertz CT molecular complexity index is 826. The van der Waals surface area contributed by atoms with Gasteiger partial charge in [-0.05, 0) is 49.1 Å². The molecule has 0 saturated heterocycles. The van der Waals surface area contributed by atoms with Crippen LogP contribution in [0.1, 0.15) is 41.1 Å². The first-order valence-corrected chi connectivity index (χ1v) is 8.81.